The lowest BCUT2D eigenvalue weighted by atomic mass is 9.86. The molecule has 1 fully saturated rings. The second-order valence-corrected chi connectivity index (χ2v) is 10.6. The third-order valence-electron chi connectivity index (χ3n) is 4.85. The van der Waals surface area contributed by atoms with Crippen molar-refractivity contribution in [3.63, 3.8) is 0 Å². The highest BCUT2D eigenvalue weighted by atomic mass is 32.2. The summed E-state index contributed by atoms with van der Waals surface area (Å²) in [5.41, 5.74) is 1.71. The summed E-state index contributed by atoms with van der Waals surface area (Å²) in [6.07, 6.45) is 3.66. The number of aliphatic carboxylic acids is 1. The molecule has 0 bridgehead atoms. The highest BCUT2D eigenvalue weighted by Crippen LogP contribution is 2.26. The lowest BCUT2D eigenvalue weighted by Crippen LogP contribution is -2.46. The molecular weight excluding hydrogens is 352 g/mol. The van der Waals surface area contributed by atoms with Gasteiger partial charge in [0.15, 0.2) is 0 Å². The summed E-state index contributed by atoms with van der Waals surface area (Å²) >= 11 is 0. The molecule has 1 saturated carbocycles. The fourth-order valence-corrected chi connectivity index (χ4v) is 4.14. The predicted octanol–water partition coefficient (Wildman–Crippen LogP) is 3.00. The maximum atomic E-state index is 12.3. The summed E-state index contributed by atoms with van der Waals surface area (Å²) in [5, 5.41) is 12.3. The third-order valence-corrected chi connectivity index (χ3v) is 7.11. The van der Waals surface area contributed by atoms with Gasteiger partial charge in [-0.15, -0.1) is 0 Å². The number of rotatable bonds is 7. The molecule has 0 heterocycles. The predicted molar refractivity (Wildman–Crippen MR) is 104 cm³/mol. The van der Waals surface area contributed by atoms with Gasteiger partial charge in [-0.1, -0.05) is 12.1 Å². The van der Waals surface area contributed by atoms with E-state index in [0.29, 0.717) is 5.92 Å². The molecular formula is C19H30N2O4S. The van der Waals surface area contributed by atoms with Crippen molar-refractivity contribution < 1.29 is 18.3 Å². The van der Waals surface area contributed by atoms with E-state index in [9.17, 15) is 13.2 Å². The zero-order valence-corrected chi connectivity index (χ0v) is 16.6. The van der Waals surface area contributed by atoms with Gasteiger partial charge in [0.25, 0.3) is 0 Å². The smallest absolute Gasteiger partial charge is 0.307 e. The second-order valence-electron chi connectivity index (χ2n) is 8.10. The summed E-state index contributed by atoms with van der Waals surface area (Å²) in [4.78, 5) is 10.8. The Morgan fingerprint density at radius 3 is 2.42 bits per heavy atom. The standard InChI is InChI=1S/C19H30N2O4S/c1-19(2,3)26(24,25)21-16-9-7-14(8-10-16)13-20-17-6-4-5-15(11-17)12-18(22)23/h4-6,11,14,16,20-21H,7-10,12-13H2,1-3H3,(H,22,23)/t14-,16-. The van der Waals surface area contributed by atoms with E-state index in [1.807, 2.05) is 24.3 Å². The number of sulfonamides is 1. The van der Waals surface area contributed by atoms with Crippen LogP contribution in [0.2, 0.25) is 0 Å². The van der Waals surface area contributed by atoms with E-state index in [-0.39, 0.29) is 12.5 Å². The Balaban J connectivity index is 1.80. The monoisotopic (exact) mass is 382 g/mol. The molecule has 0 aromatic heterocycles. The van der Waals surface area contributed by atoms with Crippen molar-refractivity contribution in [2.75, 3.05) is 11.9 Å². The molecule has 146 valence electrons. The molecule has 0 spiro atoms. The van der Waals surface area contributed by atoms with Crippen molar-refractivity contribution in [3.05, 3.63) is 29.8 Å². The van der Waals surface area contributed by atoms with Gasteiger partial charge in [-0.2, -0.15) is 0 Å². The second kappa shape index (κ2) is 8.39. The van der Waals surface area contributed by atoms with Crippen molar-refractivity contribution in [2.45, 2.75) is 63.7 Å². The average Bonchev–Trinajstić information content (AvgIpc) is 2.52. The molecule has 6 nitrogen and oxygen atoms in total. The number of carbonyl (C=O) groups is 1. The molecule has 1 aliphatic rings. The first-order chi connectivity index (χ1) is 12.1. The van der Waals surface area contributed by atoms with Crippen LogP contribution in [0.1, 0.15) is 52.0 Å². The van der Waals surface area contributed by atoms with Crippen molar-refractivity contribution in [2.24, 2.45) is 5.92 Å². The highest BCUT2D eigenvalue weighted by molar-refractivity contribution is 7.90. The van der Waals surface area contributed by atoms with Crippen molar-refractivity contribution >= 4 is 21.7 Å². The number of carboxylic acid groups (broad SMARTS) is 1. The van der Waals surface area contributed by atoms with Crippen LogP contribution in [0.4, 0.5) is 5.69 Å². The number of carboxylic acids is 1. The molecule has 0 aliphatic heterocycles. The topological polar surface area (TPSA) is 95.5 Å². The van der Waals surface area contributed by atoms with Crippen molar-refractivity contribution in [1.82, 2.24) is 4.72 Å². The molecule has 2 rings (SSSR count). The summed E-state index contributed by atoms with van der Waals surface area (Å²) in [6.45, 7) is 5.95. The summed E-state index contributed by atoms with van der Waals surface area (Å²) in [7, 11) is -3.30. The number of benzene rings is 1. The van der Waals surface area contributed by atoms with Gasteiger partial charge >= 0.3 is 5.97 Å². The molecule has 0 atom stereocenters. The largest absolute Gasteiger partial charge is 0.481 e. The first-order valence-corrected chi connectivity index (χ1v) is 10.6. The first-order valence-electron chi connectivity index (χ1n) is 9.13. The van der Waals surface area contributed by atoms with E-state index < -0.39 is 20.7 Å². The van der Waals surface area contributed by atoms with E-state index in [4.69, 9.17) is 5.11 Å². The Labute approximate surface area is 156 Å². The van der Waals surface area contributed by atoms with Gasteiger partial charge < -0.3 is 10.4 Å². The molecule has 0 unspecified atom stereocenters. The van der Waals surface area contributed by atoms with E-state index in [2.05, 4.69) is 10.0 Å². The molecule has 26 heavy (non-hydrogen) atoms. The fourth-order valence-electron chi connectivity index (χ4n) is 3.11. The highest BCUT2D eigenvalue weighted by Gasteiger charge is 2.32. The van der Waals surface area contributed by atoms with Gasteiger partial charge in [-0.3, -0.25) is 4.79 Å². The first kappa shape index (κ1) is 20.7. The molecule has 1 aromatic carbocycles. The minimum atomic E-state index is -3.30. The normalized spacial score (nSPS) is 21.3. The maximum Gasteiger partial charge on any atom is 0.307 e. The number of hydrogen-bond donors (Lipinski definition) is 3. The molecule has 0 radical (unpaired) electrons. The number of nitrogens with one attached hydrogen (secondary N) is 2. The molecule has 0 saturated heterocycles. The summed E-state index contributed by atoms with van der Waals surface area (Å²) < 4.78 is 26.6. The van der Waals surface area contributed by atoms with Crippen LogP contribution in [0.3, 0.4) is 0 Å². The number of hydrogen-bond acceptors (Lipinski definition) is 4. The quantitative estimate of drug-likeness (QED) is 0.674. The molecule has 0 amide bonds. The van der Waals surface area contributed by atoms with Gasteiger partial charge in [0.2, 0.25) is 10.0 Å². The Hall–Kier alpha value is -1.60. The van der Waals surface area contributed by atoms with Crippen molar-refractivity contribution in [3.8, 4) is 0 Å². The van der Waals surface area contributed by atoms with Crippen LogP contribution in [0.15, 0.2) is 24.3 Å². The molecule has 7 heteroatoms. The Morgan fingerprint density at radius 1 is 1.19 bits per heavy atom. The van der Waals surface area contributed by atoms with Crippen molar-refractivity contribution in [1.29, 1.82) is 0 Å². The van der Waals surface area contributed by atoms with Crippen LogP contribution >= 0.6 is 0 Å². The SMILES string of the molecule is CC(C)(C)S(=O)(=O)N[C@H]1CC[C@H](CNc2cccc(CC(=O)O)c2)CC1. The van der Waals surface area contributed by atoms with Gasteiger partial charge in [0.1, 0.15) is 0 Å². The maximum absolute atomic E-state index is 12.3. The summed E-state index contributed by atoms with van der Waals surface area (Å²) in [5.74, 6) is -0.341. The number of anilines is 1. The minimum absolute atomic E-state index is 0.0224. The average molecular weight is 383 g/mol. The summed E-state index contributed by atoms with van der Waals surface area (Å²) in [6, 6.07) is 7.50. The molecule has 3 N–H and O–H groups in total. The lowest BCUT2D eigenvalue weighted by molar-refractivity contribution is -0.136. The Kier molecular flexibility index (Phi) is 6.69. The zero-order chi connectivity index (χ0) is 19.4. The van der Waals surface area contributed by atoms with Gasteiger partial charge in [0.05, 0.1) is 11.2 Å². The van der Waals surface area contributed by atoms with Crippen LogP contribution in [-0.4, -0.2) is 36.8 Å². The lowest BCUT2D eigenvalue weighted by Gasteiger charge is -2.31. The minimum Gasteiger partial charge on any atom is -0.481 e. The van der Waals surface area contributed by atoms with Gasteiger partial charge in [-0.25, -0.2) is 13.1 Å². The van der Waals surface area contributed by atoms with E-state index in [1.54, 1.807) is 20.8 Å². The van der Waals surface area contributed by atoms with E-state index in [1.165, 1.54) is 0 Å². The Bertz CT molecular complexity index is 717. The van der Waals surface area contributed by atoms with E-state index >= 15 is 0 Å². The molecule has 1 aliphatic carbocycles. The van der Waals surface area contributed by atoms with Crippen LogP contribution in [0, 0.1) is 5.92 Å². The van der Waals surface area contributed by atoms with Crippen LogP contribution in [-0.2, 0) is 21.2 Å². The third kappa shape index (κ3) is 5.99. The van der Waals surface area contributed by atoms with Gasteiger partial charge in [0, 0.05) is 18.3 Å². The fraction of sp³-hybridized carbons (Fsp3) is 0.632. The zero-order valence-electron chi connectivity index (χ0n) is 15.8. The van der Waals surface area contributed by atoms with Crippen LogP contribution in [0.25, 0.3) is 0 Å². The molecule has 1 aromatic rings. The Morgan fingerprint density at radius 2 is 1.85 bits per heavy atom. The van der Waals surface area contributed by atoms with Crippen LogP contribution < -0.4 is 10.0 Å². The van der Waals surface area contributed by atoms with Crippen LogP contribution in [0.5, 0.6) is 0 Å². The van der Waals surface area contributed by atoms with E-state index in [0.717, 1.165) is 43.5 Å². The van der Waals surface area contributed by atoms with Gasteiger partial charge in [-0.05, 0) is 70.1 Å².